The Morgan fingerprint density at radius 2 is 1.86 bits per heavy atom. The maximum absolute atomic E-state index is 12.3. The summed E-state index contributed by atoms with van der Waals surface area (Å²) in [6, 6.07) is 0. The van der Waals surface area contributed by atoms with Gasteiger partial charge in [0.15, 0.2) is 0 Å². The summed E-state index contributed by atoms with van der Waals surface area (Å²) in [4.78, 5) is 16.1. The van der Waals surface area contributed by atoms with Gasteiger partial charge in [-0.3, -0.25) is 0 Å². The van der Waals surface area contributed by atoms with Crippen LogP contribution in [0.4, 0.5) is 4.79 Å². The molecule has 1 aromatic heterocycles. The molecule has 0 spiro atoms. The smallest absolute Gasteiger partial charge is 0.410 e. The summed E-state index contributed by atoms with van der Waals surface area (Å²) in [5, 5.41) is 4.92. The molecule has 1 aliphatic rings. The lowest BCUT2D eigenvalue weighted by Crippen LogP contribution is -2.38. The largest absolute Gasteiger partial charge is 0.444 e. The van der Waals surface area contributed by atoms with E-state index < -0.39 is 5.60 Å². The molecule has 1 aliphatic carbocycles. The molecule has 1 atom stereocenters. The van der Waals surface area contributed by atoms with Gasteiger partial charge in [-0.1, -0.05) is 6.08 Å². The molecule has 1 heterocycles. The minimum atomic E-state index is -0.489. The van der Waals surface area contributed by atoms with Gasteiger partial charge < -0.3 is 24.0 Å². The summed E-state index contributed by atoms with van der Waals surface area (Å²) >= 11 is 2.37. The molecule has 0 saturated heterocycles. The number of carbonyl (C=O) groups excluding carboxylic acids is 1. The van der Waals surface area contributed by atoms with Crippen LogP contribution in [-0.2, 0) is 20.8 Å². The van der Waals surface area contributed by atoms with Crippen molar-refractivity contribution in [1.82, 2.24) is 19.4 Å². The molecule has 0 saturated carbocycles. The van der Waals surface area contributed by atoms with Crippen LogP contribution in [0, 0.1) is 5.41 Å². The van der Waals surface area contributed by atoms with Crippen LogP contribution in [0.2, 0.25) is 0 Å². The average Bonchev–Trinajstić information content (AvgIpc) is 3.22. The Morgan fingerprint density at radius 3 is 2.37 bits per heavy atom. The van der Waals surface area contributed by atoms with E-state index in [-0.39, 0.29) is 11.5 Å². The van der Waals surface area contributed by atoms with Gasteiger partial charge in [0.2, 0.25) is 0 Å². The first-order valence-corrected chi connectivity index (χ1v) is 16.5. The van der Waals surface area contributed by atoms with Crippen molar-refractivity contribution in [3.8, 4) is 0 Å². The predicted octanol–water partition coefficient (Wildman–Crippen LogP) is 5.60. The van der Waals surface area contributed by atoms with Gasteiger partial charge >= 0.3 is 6.09 Å². The topological polar surface area (TPSA) is 69.1 Å². The minimum absolute atomic E-state index is 0.0479. The second-order valence-electron chi connectivity index (χ2n) is 10.4. The number of amides is 1. The Hall–Kier alpha value is -0.740. The Labute approximate surface area is 226 Å². The maximum Gasteiger partial charge on any atom is 0.410 e. The van der Waals surface area contributed by atoms with Crippen LogP contribution in [0.5, 0.6) is 0 Å². The molecule has 0 aliphatic heterocycles. The number of carbonyl (C=O) groups is 1. The van der Waals surface area contributed by atoms with E-state index in [0.29, 0.717) is 12.9 Å². The van der Waals surface area contributed by atoms with Crippen molar-refractivity contribution in [2.45, 2.75) is 66.0 Å². The Morgan fingerprint density at radius 1 is 1.20 bits per heavy atom. The zero-order valence-corrected chi connectivity index (χ0v) is 25.7. The third-order valence-corrected chi connectivity index (χ3v) is 7.96. The SMILES string of the molecule is CCOCC1(COCC)CC=C(c2nn(PI)cc2CN(C)CCN(C)C(=O)OC(C)(C)C)CC1. The number of hydrogen-bond donors (Lipinski definition) is 0. The molecule has 0 fully saturated rings. The Bertz CT molecular complexity index is 832. The van der Waals surface area contributed by atoms with Crippen molar-refractivity contribution in [1.29, 1.82) is 0 Å². The summed E-state index contributed by atoms with van der Waals surface area (Å²) < 4.78 is 19.2. The van der Waals surface area contributed by atoms with Gasteiger partial charge in [0.1, 0.15) is 5.60 Å². The number of halogens is 1. The summed E-state index contributed by atoms with van der Waals surface area (Å²) in [7, 11) is 3.87. The van der Waals surface area contributed by atoms with E-state index in [0.717, 1.165) is 64.5 Å². The standard InChI is InChI=1S/C25H44IN4O4P/c1-8-32-18-25(19-33-9-2)12-10-20(11-13-25)22-21(17-30(27-22)35-26)16-28(6)14-15-29(7)23(31)34-24(3,4)5/h10,17,35H,8-9,11-16,18-19H2,1-7H3. The van der Waals surface area contributed by atoms with Gasteiger partial charge in [-0.2, -0.15) is 5.10 Å². The second kappa shape index (κ2) is 14.3. The van der Waals surface area contributed by atoms with Crippen molar-refractivity contribution in [2.75, 3.05) is 53.6 Å². The Kier molecular flexibility index (Phi) is 12.4. The number of allylic oxidation sites excluding steroid dienone is 2. The molecule has 2 rings (SSSR count). The summed E-state index contributed by atoms with van der Waals surface area (Å²) in [5.41, 5.74) is 3.20. The van der Waals surface area contributed by atoms with Crippen LogP contribution in [-0.4, -0.2) is 84.7 Å². The predicted molar refractivity (Wildman–Crippen MR) is 152 cm³/mol. The second-order valence-corrected chi connectivity index (χ2v) is 12.5. The van der Waals surface area contributed by atoms with Gasteiger partial charge in [0.25, 0.3) is 0 Å². The summed E-state index contributed by atoms with van der Waals surface area (Å²) in [5.74, 6) is 0. The van der Waals surface area contributed by atoms with Gasteiger partial charge in [0, 0.05) is 57.1 Å². The van der Waals surface area contributed by atoms with E-state index in [2.05, 4.69) is 46.3 Å². The summed E-state index contributed by atoms with van der Waals surface area (Å²) in [6.45, 7) is 14.8. The zero-order valence-electron chi connectivity index (χ0n) is 22.5. The fourth-order valence-electron chi connectivity index (χ4n) is 4.06. The first-order valence-electron chi connectivity index (χ1n) is 12.4. The lowest BCUT2D eigenvalue weighted by atomic mass is 9.75. The van der Waals surface area contributed by atoms with E-state index in [4.69, 9.17) is 19.3 Å². The van der Waals surface area contributed by atoms with Gasteiger partial charge in [-0.05, 0) is 88.5 Å². The van der Waals surface area contributed by atoms with Crippen molar-refractivity contribution >= 4 is 40.1 Å². The fraction of sp³-hybridized carbons (Fsp3) is 0.760. The van der Waals surface area contributed by atoms with Crippen molar-refractivity contribution in [3.05, 3.63) is 23.5 Å². The third-order valence-electron chi connectivity index (χ3n) is 6.07. The zero-order chi connectivity index (χ0) is 26.1. The lowest BCUT2D eigenvalue weighted by Gasteiger charge is -2.36. The molecule has 8 nitrogen and oxygen atoms in total. The highest BCUT2D eigenvalue weighted by atomic mass is 127. The number of rotatable bonds is 13. The van der Waals surface area contributed by atoms with Crippen LogP contribution in [0.25, 0.3) is 5.57 Å². The van der Waals surface area contributed by atoms with E-state index in [1.54, 1.807) is 11.9 Å². The number of nitrogens with zero attached hydrogens (tertiary/aromatic N) is 4. The van der Waals surface area contributed by atoms with Crippen LogP contribution in [0.15, 0.2) is 12.3 Å². The molecule has 0 aromatic carbocycles. The maximum atomic E-state index is 12.3. The van der Waals surface area contributed by atoms with Gasteiger partial charge in [0.05, 0.1) is 25.3 Å². The lowest BCUT2D eigenvalue weighted by molar-refractivity contribution is -0.0210. The van der Waals surface area contributed by atoms with Crippen LogP contribution < -0.4 is 0 Å². The molecule has 35 heavy (non-hydrogen) atoms. The van der Waals surface area contributed by atoms with Crippen molar-refractivity contribution in [2.24, 2.45) is 5.41 Å². The summed E-state index contributed by atoms with van der Waals surface area (Å²) in [6.07, 6.45) is 7.73. The number of hydrogen-bond acceptors (Lipinski definition) is 6. The molecule has 10 heteroatoms. The monoisotopic (exact) mass is 622 g/mol. The minimum Gasteiger partial charge on any atom is -0.444 e. The highest BCUT2D eigenvalue weighted by Gasteiger charge is 2.34. The number of aromatic nitrogens is 2. The van der Waals surface area contributed by atoms with Crippen LogP contribution in [0.3, 0.4) is 0 Å². The first-order chi connectivity index (χ1) is 16.5. The molecule has 0 radical (unpaired) electrons. The normalized spacial score (nSPS) is 16.2. The highest BCUT2D eigenvalue weighted by Crippen LogP contribution is 2.40. The van der Waals surface area contributed by atoms with Gasteiger partial charge in [-0.25, -0.2) is 9.25 Å². The van der Waals surface area contributed by atoms with Crippen LogP contribution >= 0.6 is 28.4 Å². The van der Waals surface area contributed by atoms with Gasteiger partial charge in [-0.15, -0.1) is 0 Å². The average molecular weight is 623 g/mol. The van der Waals surface area contributed by atoms with E-state index in [1.807, 2.05) is 39.1 Å². The third kappa shape index (κ3) is 9.91. The fourth-order valence-corrected chi connectivity index (χ4v) is 5.14. The quantitative estimate of drug-likeness (QED) is 0.211. The molecule has 0 bridgehead atoms. The molecule has 1 unspecified atom stereocenters. The van der Waals surface area contributed by atoms with E-state index in [1.165, 1.54) is 11.1 Å². The molecule has 200 valence electrons. The number of ether oxygens (including phenoxy) is 3. The molecular formula is C25H44IN4O4P. The van der Waals surface area contributed by atoms with Crippen molar-refractivity contribution in [3.63, 3.8) is 0 Å². The molecular weight excluding hydrogens is 578 g/mol. The molecule has 1 aromatic rings. The van der Waals surface area contributed by atoms with Crippen molar-refractivity contribution < 1.29 is 19.0 Å². The van der Waals surface area contributed by atoms with E-state index in [9.17, 15) is 4.79 Å². The van der Waals surface area contributed by atoms with Crippen LogP contribution in [0.1, 0.15) is 65.1 Å². The van der Waals surface area contributed by atoms with E-state index >= 15 is 0 Å². The highest BCUT2D eigenvalue weighted by molar-refractivity contribution is 14.2. The molecule has 1 amide bonds. The number of likely N-dealkylation sites (N-methyl/N-ethyl adjacent to an activating group) is 2. The Balaban J connectivity index is 2.06. The molecule has 0 N–H and O–H groups in total. The first kappa shape index (κ1) is 30.5.